The molecule has 0 bridgehead atoms. The van der Waals surface area contributed by atoms with Crippen LogP contribution in [0.15, 0.2) is 11.1 Å². The second kappa shape index (κ2) is 5.52. The molecule has 1 heterocycles. The van der Waals surface area contributed by atoms with E-state index in [-0.39, 0.29) is 24.4 Å². The fraction of sp³-hybridized carbons (Fsp3) is 0.692. The largest absolute Gasteiger partial charge is 0.481 e. The molecule has 18 heavy (non-hydrogen) atoms. The highest BCUT2D eigenvalue weighted by Crippen LogP contribution is 2.20. The van der Waals surface area contributed by atoms with Crippen molar-refractivity contribution in [2.24, 2.45) is 0 Å². The minimum absolute atomic E-state index is 0.0239. The second-order valence-corrected chi connectivity index (χ2v) is 5.60. The number of hydrogen-bond acceptors (Lipinski definition) is 3. The van der Waals surface area contributed by atoms with E-state index >= 15 is 0 Å². The standard InChI is InChI=1S/C13H22N2O3/c1-9(10-7-14-8-10)12(18)15(13(2,3)4)6-5-11(16)17/h14H,5-8H2,1-4H3,(H,16,17). The van der Waals surface area contributed by atoms with Crippen LogP contribution >= 0.6 is 0 Å². The Balaban J connectivity index is 2.82. The predicted octanol–water partition coefficient (Wildman–Crippen LogP) is 1.01. The second-order valence-electron chi connectivity index (χ2n) is 5.60. The highest BCUT2D eigenvalue weighted by molar-refractivity contribution is 5.94. The lowest BCUT2D eigenvalue weighted by atomic mass is 9.99. The highest BCUT2D eigenvalue weighted by Gasteiger charge is 2.29. The number of nitrogens with zero attached hydrogens (tertiary/aromatic N) is 1. The van der Waals surface area contributed by atoms with Crippen LogP contribution in [0.25, 0.3) is 0 Å². The quantitative estimate of drug-likeness (QED) is 0.735. The van der Waals surface area contributed by atoms with Crippen molar-refractivity contribution < 1.29 is 14.7 Å². The molecule has 0 aliphatic carbocycles. The summed E-state index contributed by atoms with van der Waals surface area (Å²) in [4.78, 5) is 24.7. The van der Waals surface area contributed by atoms with E-state index in [1.165, 1.54) is 0 Å². The Morgan fingerprint density at radius 2 is 1.89 bits per heavy atom. The summed E-state index contributed by atoms with van der Waals surface area (Å²) >= 11 is 0. The van der Waals surface area contributed by atoms with Gasteiger partial charge in [-0.2, -0.15) is 0 Å². The summed E-state index contributed by atoms with van der Waals surface area (Å²) < 4.78 is 0. The van der Waals surface area contributed by atoms with Crippen LogP contribution in [0.1, 0.15) is 34.1 Å². The number of hydrogen-bond donors (Lipinski definition) is 2. The number of carbonyl (C=O) groups excluding carboxylic acids is 1. The maximum atomic E-state index is 12.4. The first kappa shape index (κ1) is 14.7. The zero-order valence-electron chi connectivity index (χ0n) is 11.5. The van der Waals surface area contributed by atoms with Gasteiger partial charge in [0.1, 0.15) is 0 Å². The van der Waals surface area contributed by atoms with Crippen molar-refractivity contribution in [1.29, 1.82) is 0 Å². The van der Waals surface area contributed by atoms with Gasteiger partial charge in [-0.3, -0.25) is 9.59 Å². The molecule has 102 valence electrons. The number of nitrogens with one attached hydrogen (secondary N) is 1. The third kappa shape index (κ3) is 3.57. The van der Waals surface area contributed by atoms with Crippen molar-refractivity contribution in [3.05, 3.63) is 11.1 Å². The lowest BCUT2D eigenvalue weighted by molar-refractivity contribution is -0.139. The smallest absolute Gasteiger partial charge is 0.305 e. The van der Waals surface area contributed by atoms with Gasteiger partial charge in [-0.1, -0.05) is 0 Å². The van der Waals surface area contributed by atoms with Crippen LogP contribution < -0.4 is 5.32 Å². The number of carboxylic acids is 1. The maximum Gasteiger partial charge on any atom is 0.305 e. The molecule has 0 spiro atoms. The minimum atomic E-state index is -0.882. The Hall–Kier alpha value is -1.36. The summed E-state index contributed by atoms with van der Waals surface area (Å²) in [5.41, 5.74) is 1.49. The first-order valence-corrected chi connectivity index (χ1v) is 6.16. The number of carboxylic acid groups (broad SMARTS) is 1. The molecule has 1 aliphatic rings. The van der Waals surface area contributed by atoms with E-state index in [0.717, 1.165) is 24.2 Å². The lowest BCUT2D eigenvalue weighted by Crippen LogP contribution is -2.48. The summed E-state index contributed by atoms with van der Waals surface area (Å²) in [7, 11) is 0. The van der Waals surface area contributed by atoms with Crippen LogP contribution in [0.5, 0.6) is 0 Å². The Kier molecular flexibility index (Phi) is 4.51. The third-order valence-corrected chi connectivity index (χ3v) is 3.13. The summed E-state index contributed by atoms with van der Waals surface area (Å²) in [6, 6.07) is 0. The van der Waals surface area contributed by atoms with Crippen molar-refractivity contribution in [3.8, 4) is 0 Å². The van der Waals surface area contributed by atoms with Crippen molar-refractivity contribution in [2.45, 2.75) is 39.7 Å². The molecule has 0 radical (unpaired) electrons. The molecule has 0 unspecified atom stereocenters. The third-order valence-electron chi connectivity index (χ3n) is 3.13. The van der Waals surface area contributed by atoms with E-state index in [0.29, 0.717) is 0 Å². The molecule has 0 saturated carbocycles. The molecule has 0 aromatic heterocycles. The van der Waals surface area contributed by atoms with Crippen LogP contribution in [0, 0.1) is 0 Å². The molecule has 0 aromatic rings. The van der Waals surface area contributed by atoms with Crippen LogP contribution in [0.4, 0.5) is 0 Å². The fourth-order valence-corrected chi connectivity index (χ4v) is 1.82. The number of amides is 1. The van der Waals surface area contributed by atoms with Gasteiger partial charge in [-0.15, -0.1) is 0 Å². The van der Waals surface area contributed by atoms with Crippen molar-refractivity contribution in [3.63, 3.8) is 0 Å². The molecule has 0 aromatic carbocycles. The molecule has 5 heteroatoms. The van der Waals surface area contributed by atoms with Gasteiger partial charge < -0.3 is 15.3 Å². The lowest BCUT2D eigenvalue weighted by Gasteiger charge is -2.37. The molecule has 5 nitrogen and oxygen atoms in total. The van der Waals surface area contributed by atoms with Crippen molar-refractivity contribution >= 4 is 11.9 Å². The van der Waals surface area contributed by atoms with Crippen molar-refractivity contribution in [1.82, 2.24) is 10.2 Å². The normalized spacial score (nSPS) is 15.0. The number of rotatable bonds is 4. The van der Waals surface area contributed by atoms with E-state index in [1.807, 2.05) is 27.7 Å². The molecular formula is C13H22N2O3. The molecule has 1 saturated heterocycles. The Labute approximate surface area is 108 Å². The average Bonchev–Trinajstić information content (AvgIpc) is 2.11. The zero-order valence-corrected chi connectivity index (χ0v) is 11.5. The number of carbonyl (C=O) groups is 2. The van der Waals surface area contributed by atoms with Gasteiger partial charge in [0.05, 0.1) is 6.42 Å². The van der Waals surface area contributed by atoms with Crippen LogP contribution in [-0.2, 0) is 9.59 Å². The summed E-state index contributed by atoms with van der Waals surface area (Å²) in [6.45, 7) is 9.34. The summed E-state index contributed by atoms with van der Waals surface area (Å²) in [6.07, 6.45) is -0.0239. The SMILES string of the molecule is CC(C(=O)N(CCC(=O)O)C(C)(C)C)=C1CNC1. The van der Waals surface area contributed by atoms with Gasteiger partial charge in [-0.05, 0) is 33.3 Å². The van der Waals surface area contributed by atoms with E-state index in [1.54, 1.807) is 4.90 Å². The summed E-state index contributed by atoms with van der Waals surface area (Å²) in [5, 5.41) is 11.9. The van der Waals surface area contributed by atoms with Gasteiger partial charge in [0, 0.05) is 30.7 Å². The topological polar surface area (TPSA) is 69.6 Å². The fourth-order valence-electron chi connectivity index (χ4n) is 1.82. The van der Waals surface area contributed by atoms with Gasteiger partial charge in [0.15, 0.2) is 0 Å². The van der Waals surface area contributed by atoms with Crippen LogP contribution in [0.3, 0.4) is 0 Å². The zero-order chi connectivity index (χ0) is 13.9. The van der Waals surface area contributed by atoms with Crippen LogP contribution in [-0.4, -0.2) is 47.1 Å². The average molecular weight is 254 g/mol. The Bertz CT molecular complexity index is 374. The van der Waals surface area contributed by atoms with Crippen molar-refractivity contribution in [2.75, 3.05) is 19.6 Å². The van der Waals surface area contributed by atoms with Crippen LogP contribution in [0.2, 0.25) is 0 Å². The van der Waals surface area contributed by atoms with Gasteiger partial charge in [-0.25, -0.2) is 0 Å². The maximum absolute atomic E-state index is 12.4. The molecule has 1 amide bonds. The first-order chi connectivity index (χ1) is 8.23. The van der Waals surface area contributed by atoms with Gasteiger partial charge >= 0.3 is 5.97 Å². The predicted molar refractivity (Wildman–Crippen MR) is 69.3 cm³/mol. The van der Waals surface area contributed by atoms with E-state index in [2.05, 4.69) is 5.32 Å². The van der Waals surface area contributed by atoms with E-state index < -0.39 is 5.97 Å². The monoisotopic (exact) mass is 254 g/mol. The minimum Gasteiger partial charge on any atom is -0.481 e. The molecule has 1 fully saturated rings. The molecular weight excluding hydrogens is 232 g/mol. The van der Waals surface area contributed by atoms with Gasteiger partial charge in [0.25, 0.3) is 0 Å². The van der Waals surface area contributed by atoms with Gasteiger partial charge in [0.2, 0.25) is 5.91 Å². The summed E-state index contributed by atoms with van der Waals surface area (Å²) in [5.74, 6) is -0.937. The first-order valence-electron chi connectivity index (χ1n) is 6.16. The Morgan fingerprint density at radius 1 is 1.33 bits per heavy atom. The molecule has 1 rings (SSSR count). The molecule has 1 aliphatic heterocycles. The molecule has 2 N–H and O–H groups in total. The highest BCUT2D eigenvalue weighted by atomic mass is 16.4. The Morgan fingerprint density at radius 3 is 2.22 bits per heavy atom. The van der Waals surface area contributed by atoms with E-state index in [4.69, 9.17) is 5.11 Å². The van der Waals surface area contributed by atoms with E-state index in [9.17, 15) is 9.59 Å². The number of aliphatic carboxylic acids is 1. The molecule has 0 atom stereocenters.